The average Bonchev–Trinajstić information content (AvgIpc) is 2.68. The van der Waals surface area contributed by atoms with Crippen LogP contribution < -0.4 is 5.32 Å². The molecule has 0 heterocycles. The number of halogens is 1. The second-order valence-electron chi connectivity index (χ2n) is 7.18. The first-order valence-electron chi connectivity index (χ1n) is 9.39. The van der Waals surface area contributed by atoms with Crippen LogP contribution in [0, 0.1) is 11.7 Å². The summed E-state index contributed by atoms with van der Waals surface area (Å²) in [7, 11) is 0. The lowest BCUT2D eigenvalue weighted by molar-refractivity contribution is 0.316. The van der Waals surface area contributed by atoms with Crippen LogP contribution in [0.5, 0.6) is 0 Å². The average molecular weight is 345 g/mol. The molecule has 3 aromatic carbocycles. The van der Waals surface area contributed by atoms with E-state index in [4.69, 9.17) is 0 Å². The van der Waals surface area contributed by atoms with E-state index in [2.05, 4.69) is 53.8 Å². The monoisotopic (exact) mass is 345 g/mol. The number of fused-ring (bicyclic) bond motifs is 1. The molecule has 26 heavy (non-hydrogen) atoms. The molecule has 1 N–H and O–H groups in total. The summed E-state index contributed by atoms with van der Waals surface area (Å²) in [6, 6.07) is 26.6. The van der Waals surface area contributed by atoms with Crippen LogP contribution in [0.25, 0.3) is 0 Å². The quantitative estimate of drug-likeness (QED) is 0.647. The highest BCUT2D eigenvalue weighted by molar-refractivity contribution is 5.34. The van der Waals surface area contributed by atoms with Gasteiger partial charge in [0.25, 0.3) is 0 Å². The molecule has 0 saturated carbocycles. The molecule has 0 fully saturated rings. The minimum atomic E-state index is -0.146. The van der Waals surface area contributed by atoms with Crippen LogP contribution in [0.4, 0.5) is 4.39 Å². The first-order valence-corrected chi connectivity index (χ1v) is 9.39. The van der Waals surface area contributed by atoms with Crippen molar-refractivity contribution < 1.29 is 4.39 Å². The molecule has 2 atom stereocenters. The number of benzene rings is 3. The maximum absolute atomic E-state index is 13.6. The fourth-order valence-electron chi connectivity index (χ4n) is 4.11. The van der Waals surface area contributed by atoms with Crippen LogP contribution in [-0.2, 0) is 19.4 Å². The van der Waals surface area contributed by atoms with Crippen molar-refractivity contribution in [1.82, 2.24) is 5.32 Å². The van der Waals surface area contributed by atoms with Gasteiger partial charge in [-0.3, -0.25) is 0 Å². The lowest BCUT2D eigenvalue weighted by Gasteiger charge is -2.35. The normalized spacial score (nSPS) is 19.1. The third-order valence-corrected chi connectivity index (χ3v) is 5.40. The van der Waals surface area contributed by atoms with Gasteiger partial charge in [-0.1, -0.05) is 66.7 Å². The molecule has 0 radical (unpaired) electrons. The maximum Gasteiger partial charge on any atom is 0.123 e. The highest BCUT2D eigenvalue weighted by Gasteiger charge is 2.29. The zero-order valence-electron chi connectivity index (χ0n) is 14.9. The Labute approximate surface area is 154 Å². The zero-order valence-corrected chi connectivity index (χ0v) is 14.9. The van der Waals surface area contributed by atoms with Crippen molar-refractivity contribution in [2.75, 3.05) is 0 Å². The van der Waals surface area contributed by atoms with Crippen molar-refractivity contribution in [2.45, 2.75) is 31.8 Å². The molecular formula is C24H24FN. The summed E-state index contributed by atoms with van der Waals surface area (Å²) in [5.74, 6) is 0.322. The van der Waals surface area contributed by atoms with Gasteiger partial charge in [0.2, 0.25) is 0 Å². The van der Waals surface area contributed by atoms with Crippen molar-refractivity contribution in [1.29, 1.82) is 0 Å². The third-order valence-electron chi connectivity index (χ3n) is 5.40. The van der Waals surface area contributed by atoms with Gasteiger partial charge in [0.15, 0.2) is 0 Å². The van der Waals surface area contributed by atoms with Gasteiger partial charge in [0.1, 0.15) is 5.82 Å². The molecule has 0 amide bonds. The van der Waals surface area contributed by atoms with Gasteiger partial charge >= 0.3 is 0 Å². The van der Waals surface area contributed by atoms with Crippen LogP contribution in [0.1, 0.15) is 34.7 Å². The number of hydrogen-bond acceptors (Lipinski definition) is 1. The topological polar surface area (TPSA) is 12.0 Å². The smallest absolute Gasteiger partial charge is 0.123 e. The van der Waals surface area contributed by atoms with Crippen molar-refractivity contribution in [3.8, 4) is 0 Å². The van der Waals surface area contributed by atoms with Gasteiger partial charge in [-0.2, -0.15) is 0 Å². The van der Waals surface area contributed by atoms with Crippen LogP contribution >= 0.6 is 0 Å². The minimum absolute atomic E-state index is 0.146. The molecule has 4 rings (SSSR count). The van der Waals surface area contributed by atoms with E-state index in [0.29, 0.717) is 12.0 Å². The van der Waals surface area contributed by atoms with E-state index >= 15 is 0 Å². The second kappa shape index (κ2) is 7.84. The van der Waals surface area contributed by atoms with E-state index in [0.717, 1.165) is 31.4 Å². The molecule has 0 aliphatic heterocycles. The van der Waals surface area contributed by atoms with E-state index in [1.165, 1.54) is 22.8 Å². The van der Waals surface area contributed by atoms with E-state index in [1.54, 1.807) is 6.07 Å². The summed E-state index contributed by atoms with van der Waals surface area (Å²) >= 11 is 0. The van der Waals surface area contributed by atoms with Crippen molar-refractivity contribution in [2.24, 2.45) is 5.92 Å². The SMILES string of the molecule is Fc1cccc(CC2CCc3ccccc3C2NCc2ccccc2)c1. The minimum Gasteiger partial charge on any atom is -0.306 e. The molecular weight excluding hydrogens is 321 g/mol. The molecule has 2 unspecified atom stereocenters. The van der Waals surface area contributed by atoms with E-state index < -0.39 is 0 Å². The van der Waals surface area contributed by atoms with Gasteiger partial charge in [-0.05, 0) is 59.6 Å². The first kappa shape index (κ1) is 17.0. The Morgan fingerprint density at radius 2 is 1.62 bits per heavy atom. The third kappa shape index (κ3) is 3.86. The standard InChI is InChI=1S/C24H24FN/c25-22-11-6-9-19(16-22)15-21-14-13-20-10-4-5-12-23(20)24(21)26-17-18-7-2-1-3-8-18/h1-12,16,21,24,26H,13-15,17H2. The van der Waals surface area contributed by atoms with E-state index in [-0.39, 0.29) is 5.82 Å². The summed E-state index contributed by atoms with van der Waals surface area (Å²) < 4.78 is 13.6. The van der Waals surface area contributed by atoms with Gasteiger partial charge in [0, 0.05) is 12.6 Å². The molecule has 0 spiro atoms. The Bertz CT molecular complexity index is 859. The highest BCUT2D eigenvalue weighted by Crippen LogP contribution is 2.36. The van der Waals surface area contributed by atoms with Gasteiger partial charge in [-0.25, -0.2) is 4.39 Å². The number of aryl methyl sites for hydroxylation is 1. The predicted octanol–water partition coefficient (Wildman–Crippen LogP) is 5.46. The number of nitrogens with one attached hydrogen (secondary N) is 1. The molecule has 1 aliphatic carbocycles. The van der Waals surface area contributed by atoms with Crippen LogP contribution in [0.2, 0.25) is 0 Å². The molecule has 1 nitrogen and oxygen atoms in total. The van der Waals surface area contributed by atoms with E-state index in [1.807, 2.05) is 18.2 Å². The van der Waals surface area contributed by atoms with Crippen molar-refractivity contribution in [3.05, 3.63) is 107 Å². The first-order chi connectivity index (χ1) is 12.8. The molecule has 1 aliphatic rings. The van der Waals surface area contributed by atoms with Crippen molar-refractivity contribution in [3.63, 3.8) is 0 Å². The van der Waals surface area contributed by atoms with Crippen molar-refractivity contribution >= 4 is 0 Å². The molecule has 0 bridgehead atoms. The van der Waals surface area contributed by atoms with Crippen LogP contribution in [0.3, 0.4) is 0 Å². The predicted molar refractivity (Wildman–Crippen MR) is 104 cm³/mol. The second-order valence-corrected chi connectivity index (χ2v) is 7.18. The molecule has 2 heteroatoms. The van der Waals surface area contributed by atoms with Gasteiger partial charge in [-0.15, -0.1) is 0 Å². The maximum atomic E-state index is 13.6. The zero-order chi connectivity index (χ0) is 17.8. The molecule has 132 valence electrons. The lowest BCUT2D eigenvalue weighted by atomic mass is 9.77. The summed E-state index contributed by atoms with van der Waals surface area (Å²) in [5.41, 5.74) is 5.21. The highest BCUT2D eigenvalue weighted by atomic mass is 19.1. The molecule has 3 aromatic rings. The summed E-state index contributed by atoms with van der Waals surface area (Å²) in [6.07, 6.45) is 3.12. The van der Waals surface area contributed by atoms with Crippen LogP contribution in [0.15, 0.2) is 78.9 Å². The van der Waals surface area contributed by atoms with Crippen LogP contribution in [-0.4, -0.2) is 0 Å². The fraction of sp³-hybridized carbons (Fsp3) is 0.250. The summed E-state index contributed by atoms with van der Waals surface area (Å²) in [4.78, 5) is 0. The van der Waals surface area contributed by atoms with Gasteiger partial charge in [0.05, 0.1) is 0 Å². The Kier molecular flexibility index (Phi) is 5.12. The Hall–Kier alpha value is -2.45. The van der Waals surface area contributed by atoms with E-state index in [9.17, 15) is 4.39 Å². The molecule has 0 saturated heterocycles. The Morgan fingerprint density at radius 1 is 0.846 bits per heavy atom. The lowest BCUT2D eigenvalue weighted by Crippen LogP contribution is -2.33. The summed E-state index contributed by atoms with van der Waals surface area (Å²) in [6.45, 7) is 0.847. The summed E-state index contributed by atoms with van der Waals surface area (Å²) in [5, 5.41) is 3.79. The fourth-order valence-corrected chi connectivity index (χ4v) is 4.11. The number of hydrogen-bond donors (Lipinski definition) is 1. The number of rotatable bonds is 5. The largest absolute Gasteiger partial charge is 0.306 e. The Morgan fingerprint density at radius 3 is 2.46 bits per heavy atom. The van der Waals surface area contributed by atoms with Gasteiger partial charge < -0.3 is 5.32 Å². The molecule has 0 aromatic heterocycles. The Balaban J connectivity index is 1.57.